The summed E-state index contributed by atoms with van der Waals surface area (Å²) in [7, 11) is 0. The summed E-state index contributed by atoms with van der Waals surface area (Å²) in [5.74, 6) is -0.0215. The van der Waals surface area contributed by atoms with Gasteiger partial charge in [0.25, 0.3) is 5.56 Å². The maximum absolute atomic E-state index is 13.7. The summed E-state index contributed by atoms with van der Waals surface area (Å²) < 4.78 is 13.7. The number of aryl methyl sites for hydroxylation is 1. The van der Waals surface area contributed by atoms with E-state index in [9.17, 15) is 9.18 Å². The van der Waals surface area contributed by atoms with E-state index in [2.05, 4.69) is 15.3 Å². The van der Waals surface area contributed by atoms with Gasteiger partial charge in [-0.2, -0.15) is 0 Å². The van der Waals surface area contributed by atoms with E-state index in [1.165, 1.54) is 12.1 Å². The van der Waals surface area contributed by atoms with Crippen molar-refractivity contribution in [3.63, 3.8) is 0 Å². The Kier molecular flexibility index (Phi) is 5.08. The number of aromatic amines is 1. The average molecular weight is 380 g/mol. The summed E-state index contributed by atoms with van der Waals surface area (Å²) in [6.07, 6.45) is 0. The van der Waals surface area contributed by atoms with E-state index in [1.807, 2.05) is 26.0 Å². The van der Waals surface area contributed by atoms with Crippen molar-refractivity contribution in [1.29, 1.82) is 0 Å². The Bertz CT molecular complexity index is 1000. The summed E-state index contributed by atoms with van der Waals surface area (Å²) >= 11 is 11.9. The number of hydrogen-bond donors (Lipinski definition) is 2. The van der Waals surface area contributed by atoms with Crippen LogP contribution < -0.4 is 10.9 Å². The van der Waals surface area contributed by atoms with Crippen LogP contribution >= 0.6 is 23.2 Å². The first-order valence-corrected chi connectivity index (χ1v) is 8.48. The van der Waals surface area contributed by atoms with Crippen LogP contribution in [0.5, 0.6) is 0 Å². The first kappa shape index (κ1) is 17.9. The van der Waals surface area contributed by atoms with Gasteiger partial charge in [-0.3, -0.25) is 4.79 Å². The molecule has 0 saturated heterocycles. The zero-order chi connectivity index (χ0) is 18.1. The third kappa shape index (κ3) is 3.68. The van der Waals surface area contributed by atoms with E-state index in [0.29, 0.717) is 33.9 Å². The number of nitrogens with one attached hydrogen (secondary N) is 2. The molecule has 2 N–H and O–H groups in total. The van der Waals surface area contributed by atoms with Crippen molar-refractivity contribution in [2.24, 2.45) is 0 Å². The van der Waals surface area contributed by atoms with Gasteiger partial charge in [0.1, 0.15) is 11.6 Å². The molecule has 1 heterocycles. The molecule has 0 saturated carbocycles. The Labute approximate surface area is 154 Å². The first-order valence-electron chi connectivity index (χ1n) is 7.73. The van der Waals surface area contributed by atoms with Crippen molar-refractivity contribution in [1.82, 2.24) is 15.3 Å². The summed E-state index contributed by atoms with van der Waals surface area (Å²) in [5, 5.41) is 4.10. The number of halogens is 3. The molecule has 1 atom stereocenters. The predicted molar refractivity (Wildman–Crippen MR) is 98.8 cm³/mol. The number of rotatable bonds is 4. The topological polar surface area (TPSA) is 57.8 Å². The van der Waals surface area contributed by atoms with Crippen LogP contribution in [0.4, 0.5) is 4.39 Å². The minimum atomic E-state index is -0.525. The fourth-order valence-corrected chi connectivity index (χ4v) is 3.21. The molecule has 0 aliphatic rings. The number of nitrogens with zero attached hydrogens (tertiary/aromatic N) is 1. The lowest BCUT2D eigenvalue weighted by Gasteiger charge is -2.16. The third-order valence-corrected chi connectivity index (χ3v) is 4.69. The van der Waals surface area contributed by atoms with E-state index < -0.39 is 5.82 Å². The van der Waals surface area contributed by atoms with Crippen molar-refractivity contribution in [2.45, 2.75) is 26.4 Å². The standard InChI is InChI=1S/C18H16Cl2FN3O/c1-9-4-3-5-11-17(9)23-16(24-18(11)25)8-22-10(2)12-6-15(21)14(20)7-13(12)19/h3-7,10,22H,8H2,1-2H3,(H,23,24,25)/t10-/m1/s1. The second kappa shape index (κ2) is 7.12. The van der Waals surface area contributed by atoms with Gasteiger partial charge in [-0.15, -0.1) is 0 Å². The van der Waals surface area contributed by atoms with Crippen molar-refractivity contribution < 1.29 is 4.39 Å². The molecule has 4 nitrogen and oxygen atoms in total. The number of fused-ring (bicyclic) bond motifs is 1. The zero-order valence-electron chi connectivity index (χ0n) is 13.7. The van der Waals surface area contributed by atoms with Gasteiger partial charge in [-0.25, -0.2) is 9.37 Å². The highest BCUT2D eigenvalue weighted by Gasteiger charge is 2.14. The molecule has 0 radical (unpaired) electrons. The van der Waals surface area contributed by atoms with Crippen LogP contribution in [0.2, 0.25) is 10.0 Å². The Morgan fingerprint density at radius 3 is 2.80 bits per heavy atom. The number of aromatic nitrogens is 2. The fraction of sp³-hybridized carbons (Fsp3) is 0.222. The molecule has 0 fully saturated rings. The van der Waals surface area contributed by atoms with Crippen LogP contribution in [-0.4, -0.2) is 9.97 Å². The molecule has 7 heteroatoms. The van der Waals surface area contributed by atoms with E-state index in [-0.39, 0.29) is 16.6 Å². The average Bonchev–Trinajstić information content (AvgIpc) is 2.57. The summed E-state index contributed by atoms with van der Waals surface area (Å²) in [5.41, 5.74) is 2.00. The first-order chi connectivity index (χ1) is 11.9. The van der Waals surface area contributed by atoms with Crippen LogP contribution in [-0.2, 0) is 6.54 Å². The van der Waals surface area contributed by atoms with Gasteiger partial charge in [-0.05, 0) is 43.2 Å². The highest BCUT2D eigenvalue weighted by Crippen LogP contribution is 2.28. The van der Waals surface area contributed by atoms with E-state index in [1.54, 1.807) is 6.07 Å². The van der Waals surface area contributed by atoms with E-state index in [0.717, 1.165) is 5.56 Å². The zero-order valence-corrected chi connectivity index (χ0v) is 15.2. The number of H-pyrrole nitrogens is 1. The van der Waals surface area contributed by atoms with Gasteiger partial charge in [0, 0.05) is 11.1 Å². The Balaban J connectivity index is 1.84. The minimum Gasteiger partial charge on any atom is -0.309 e. The molecule has 130 valence electrons. The van der Waals surface area contributed by atoms with Gasteiger partial charge in [-0.1, -0.05) is 35.3 Å². The quantitative estimate of drug-likeness (QED) is 0.654. The molecule has 3 rings (SSSR count). The lowest BCUT2D eigenvalue weighted by molar-refractivity contribution is 0.552. The molecule has 0 amide bonds. The van der Waals surface area contributed by atoms with Crippen molar-refractivity contribution >= 4 is 34.1 Å². The predicted octanol–water partition coefficient (Wildman–Crippen LogP) is 4.53. The summed E-state index contributed by atoms with van der Waals surface area (Å²) in [6, 6.07) is 7.91. The van der Waals surface area contributed by atoms with Crippen molar-refractivity contribution in [2.75, 3.05) is 0 Å². The molecule has 1 aromatic heterocycles. The van der Waals surface area contributed by atoms with Crippen LogP contribution in [0.1, 0.15) is 29.9 Å². The smallest absolute Gasteiger partial charge is 0.258 e. The Hall–Kier alpha value is -1.95. The molecular formula is C18H16Cl2FN3O. The lowest BCUT2D eigenvalue weighted by Crippen LogP contribution is -2.22. The van der Waals surface area contributed by atoms with E-state index >= 15 is 0 Å². The maximum Gasteiger partial charge on any atom is 0.258 e. The second-order valence-corrected chi connectivity index (χ2v) is 6.69. The van der Waals surface area contributed by atoms with Gasteiger partial charge in [0.05, 0.1) is 22.5 Å². The second-order valence-electron chi connectivity index (χ2n) is 5.87. The molecule has 25 heavy (non-hydrogen) atoms. The SMILES string of the molecule is Cc1cccc2c(=O)[nH]c(CN[C@H](C)c3cc(F)c(Cl)cc3Cl)nc12. The Morgan fingerprint density at radius 1 is 1.28 bits per heavy atom. The van der Waals surface area contributed by atoms with Gasteiger partial charge >= 0.3 is 0 Å². The van der Waals surface area contributed by atoms with E-state index in [4.69, 9.17) is 23.2 Å². The monoisotopic (exact) mass is 379 g/mol. The normalized spacial score (nSPS) is 12.5. The van der Waals surface area contributed by atoms with Crippen LogP contribution in [0.3, 0.4) is 0 Å². The number of benzene rings is 2. The Morgan fingerprint density at radius 2 is 2.04 bits per heavy atom. The molecule has 3 aromatic rings. The van der Waals surface area contributed by atoms with Gasteiger partial charge < -0.3 is 10.3 Å². The van der Waals surface area contributed by atoms with Crippen LogP contribution in [0.25, 0.3) is 10.9 Å². The van der Waals surface area contributed by atoms with Gasteiger partial charge in [0.15, 0.2) is 0 Å². The number of hydrogen-bond acceptors (Lipinski definition) is 3. The molecule has 0 unspecified atom stereocenters. The lowest BCUT2D eigenvalue weighted by atomic mass is 10.1. The largest absolute Gasteiger partial charge is 0.309 e. The van der Waals surface area contributed by atoms with Crippen molar-refractivity contribution in [3.8, 4) is 0 Å². The van der Waals surface area contributed by atoms with Crippen LogP contribution in [0, 0.1) is 12.7 Å². The molecule has 0 aliphatic heterocycles. The molecule has 0 bridgehead atoms. The van der Waals surface area contributed by atoms with Crippen LogP contribution in [0.15, 0.2) is 35.1 Å². The van der Waals surface area contributed by atoms with Crippen molar-refractivity contribution in [3.05, 3.63) is 73.5 Å². The highest BCUT2D eigenvalue weighted by atomic mass is 35.5. The van der Waals surface area contributed by atoms with Gasteiger partial charge in [0.2, 0.25) is 0 Å². The third-order valence-electron chi connectivity index (χ3n) is 4.07. The minimum absolute atomic E-state index is 0.0167. The number of para-hydroxylation sites is 1. The molecule has 0 aliphatic carbocycles. The molecular weight excluding hydrogens is 364 g/mol. The molecule has 0 spiro atoms. The summed E-state index contributed by atoms with van der Waals surface area (Å²) in [4.78, 5) is 19.5. The summed E-state index contributed by atoms with van der Waals surface area (Å²) in [6.45, 7) is 4.06. The maximum atomic E-state index is 13.7. The fourth-order valence-electron chi connectivity index (χ4n) is 2.67. The highest BCUT2D eigenvalue weighted by molar-refractivity contribution is 6.35. The molecule has 2 aromatic carbocycles.